The van der Waals surface area contributed by atoms with Crippen molar-refractivity contribution in [3.05, 3.63) is 89.9 Å². The van der Waals surface area contributed by atoms with Gasteiger partial charge in [-0.1, -0.05) is 42.5 Å². The molecule has 1 saturated heterocycles. The molecule has 4 rings (SSSR count). The molecule has 162 valence electrons. The van der Waals surface area contributed by atoms with Gasteiger partial charge in [-0.3, -0.25) is 19.4 Å². The Balaban J connectivity index is 1.43. The maximum atomic E-state index is 13.9. The lowest BCUT2D eigenvalue weighted by Crippen LogP contribution is -2.56. The van der Waals surface area contributed by atoms with Gasteiger partial charge in [-0.2, -0.15) is 0 Å². The van der Waals surface area contributed by atoms with Crippen molar-refractivity contribution in [1.82, 2.24) is 14.8 Å². The monoisotopic (exact) mass is 431 g/mol. The zero-order valence-electron chi connectivity index (χ0n) is 17.6. The second-order valence-corrected chi connectivity index (χ2v) is 7.71. The van der Waals surface area contributed by atoms with Gasteiger partial charge in [-0.15, -0.1) is 0 Å². The Bertz CT molecular complexity index is 1150. The van der Waals surface area contributed by atoms with E-state index in [0.717, 1.165) is 0 Å². The Morgan fingerprint density at radius 1 is 0.906 bits per heavy atom. The Morgan fingerprint density at radius 3 is 2.28 bits per heavy atom. The average molecular weight is 431 g/mol. The SMILES string of the molecule is C[C@@H]1CN(C(=O)c2ccccc2)CCN1C(=O)C(=O)c1ccc(-c2ncccc2F)cc1. The van der Waals surface area contributed by atoms with Crippen molar-refractivity contribution in [3.63, 3.8) is 0 Å². The van der Waals surface area contributed by atoms with Crippen molar-refractivity contribution >= 4 is 17.6 Å². The van der Waals surface area contributed by atoms with E-state index in [1.807, 2.05) is 25.1 Å². The van der Waals surface area contributed by atoms with Crippen LogP contribution in [-0.4, -0.2) is 58.1 Å². The highest BCUT2D eigenvalue weighted by Gasteiger charge is 2.33. The summed E-state index contributed by atoms with van der Waals surface area (Å²) in [6, 6.07) is 17.7. The molecule has 0 aliphatic carbocycles. The molecule has 2 amide bonds. The van der Waals surface area contributed by atoms with E-state index in [1.54, 1.807) is 29.2 Å². The first-order valence-electron chi connectivity index (χ1n) is 10.4. The number of benzene rings is 2. The fraction of sp³-hybridized carbons (Fsp3) is 0.200. The van der Waals surface area contributed by atoms with Crippen molar-refractivity contribution in [1.29, 1.82) is 0 Å². The molecule has 32 heavy (non-hydrogen) atoms. The van der Waals surface area contributed by atoms with Crippen LogP contribution in [0.15, 0.2) is 72.9 Å². The number of Topliss-reactive ketones (excluding diaryl/α,β-unsaturated/α-hetero) is 1. The second-order valence-electron chi connectivity index (χ2n) is 7.71. The summed E-state index contributed by atoms with van der Waals surface area (Å²) in [7, 11) is 0. The number of carbonyl (C=O) groups is 3. The molecule has 2 aromatic carbocycles. The van der Waals surface area contributed by atoms with Crippen LogP contribution < -0.4 is 0 Å². The van der Waals surface area contributed by atoms with E-state index in [2.05, 4.69) is 4.98 Å². The van der Waals surface area contributed by atoms with Gasteiger partial charge in [0.25, 0.3) is 11.8 Å². The number of nitrogens with zero attached hydrogens (tertiary/aromatic N) is 3. The molecule has 1 aliphatic rings. The number of rotatable bonds is 4. The number of carbonyl (C=O) groups excluding carboxylic acids is 3. The van der Waals surface area contributed by atoms with Crippen LogP contribution in [0.3, 0.4) is 0 Å². The Morgan fingerprint density at radius 2 is 1.62 bits per heavy atom. The third-order valence-corrected chi connectivity index (χ3v) is 5.57. The van der Waals surface area contributed by atoms with Gasteiger partial charge in [0.2, 0.25) is 5.78 Å². The molecular weight excluding hydrogens is 409 g/mol. The van der Waals surface area contributed by atoms with Gasteiger partial charge in [0.15, 0.2) is 0 Å². The molecule has 2 heterocycles. The summed E-state index contributed by atoms with van der Waals surface area (Å²) in [5.74, 6) is -1.79. The third kappa shape index (κ3) is 4.27. The lowest BCUT2D eigenvalue weighted by Gasteiger charge is -2.39. The Labute approximate surface area is 185 Å². The highest BCUT2D eigenvalue weighted by atomic mass is 19.1. The molecular formula is C25H22FN3O3. The van der Waals surface area contributed by atoms with E-state index >= 15 is 0 Å². The minimum atomic E-state index is -0.632. The maximum absolute atomic E-state index is 13.9. The van der Waals surface area contributed by atoms with Crippen LogP contribution in [0.5, 0.6) is 0 Å². The molecule has 0 radical (unpaired) electrons. The summed E-state index contributed by atoms with van der Waals surface area (Å²) in [5, 5.41) is 0. The van der Waals surface area contributed by atoms with Gasteiger partial charge in [0.1, 0.15) is 11.5 Å². The van der Waals surface area contributed by atoms with Gasteiger partial charge in [0.05, 0.1) is 0 Å². The topological polar surface area (TPSA) is 70.6 Å². The zero-order valence-corrected chi connectivity index (χ0v) is 17.6. The number of hydrogen-bond donors (Lipinski definition) is 0. The third-order valence-electron chi connectivity index (χ3n) is 5.57. The lowest BCUT2D eigenvalue weighted by atomic mass is 10.0. The van der Waals surface area contributed by atoms with E-state index in [0.29, 0.717) is 24.2 Å². The Hall–Kier alpha value is -3.87. The molecule has 1 atom stereocenters. The van der Waals surface area contributed by atoms with E-state index in [1.165, 1.54) is 35.4 Å². The molecule has 1 aromatic heterocycles. The fourth-order valence-electron chi connectivity index (χ4n) is 3.84. The first-order valence-corrected chi connectivity index (χ1v) is 10.4. The molecule has 6 nitrogen and oxygen atoms in total. The van der Waals surface area contributed by atoms with Crippen molar-refractivity contribution in [2.75, 3.05) is 19.6 Å². The number of pyridine rings is 1. The summed E-state index contributed by atoms with van der Waals surface area (Å²) >= 11 is 0. The highest BCUT2D eigenvalue weighted by molar-refractivity contribution is 6.42. The lowest BCUT2D eigenvalue weighted by molar-refractivity contribution is -0.130. The van der Waals surface area contributed by atoms with Gasteiger partial charge >= 0.3 is 0 Å². The van der Waals surface area contributed by atoms with Crippen LogP contribution in [0.2, 0.25) is 0 Å². The maximum Gasteiger partial charge on any atom is 0.295 e. The molecule has 0 unspecified atom stereocenters. The highest BCUT2D eigenvalue weighted by Crippen LogP contribution is 2.21. The van der Waals surface area contributed by atoms with E-state index in [4.69, 9.17) is 0 Å². The summed E-state index contributed by atoms with van der Waals surface area (Å²) in [6.07, 6.45) is 1.49. The fourth-order valence-corrected chi connectivity index (χ4v) is 3.84. The van der Waals surface area contributed by atoms with Crippen LogP contribution in [0.4, 0.5) is 4.39 Å². The standard InChI is InChI=1S/C25H22FN3O3/c1-17-16-28(24(31)20-6-3-2-4-7-20)14-15-29(17)25(32)23(30)19-11-9-18(10-12-19)22-21(26)8-5-13-27-22/h2-13,17H,14-16H2,1H3/t17-/m1/s1. The van der Waals surface area contributed by atoms with E-state index in [-0.39, 0.29) is 29.8 Å². The minimum absolute atomic E-state index is 0.0896. The predicted molar refractivity (Wildman–Crippen MR) is 117 cm³/mol. The number of halogens is 1. The number of hydrogen-bond acceptors (Lipinski definition) is 4. The zero-order chi connectivity index (χ0) is 22.7. The number of piperazine rings is 1. The largest absolute Gasteiger partial charge is 0.335 e. The number of aromatic nitrogens is 1. The first-order chi connectivity index (χ1) is 15.5. The van der Waals surface area contributed by atoms with Crippen molar-refractivity contribution in [3.8, 4) is 11.3 Å². The molecule has 7 heteroatoms. The van der Waals surface area contributed by atoms with Gasteiger partial charge in [-0.05, 0) is 31.2 Å². The van der Waals surface area contributed by atoms with Gasteiger partial charge in [-0.25, -0.2) is 4.39 Å². The molecule has 0 saturated carbocycles. The normalized spacial score (nSPS) is 16.0. The van der Waals surface area contributed by atoms with E-state index in [9.17, 15) is 18.8 Å². The minimum Gasteiger partial charge on any atom is -0.335 e. The number of amides is 2. The summed E-state index contributed by atoms with van der Waals surface area (Å²) in [4.78, 5) is 45.5. The summed E-state index contributed by atoms with van der Waals surface area (Å²) < 4.78 is 13.9. The predicted octanol–water partition coefficient (Wildman–Crippen LogP) is 3.44. The molecule has 0 N–H and O–H groups in total. The average Bonchev–Trinajstić information content (AvgIpc) is 2.83. The first kappa shape index (κ1) is 21.4. The quantitative estimate of drug-likeness (QED) is 0.469. The van der Waals surface area contributed by atoms with E-state index < -0.39 is 17.5 Å². The molecule has 0 bridgehead atoms. The molecule has 1 aliphatic heterocycles. The van der Waals surface area contributed by atoms with Crippen LogP contribution in [0.1, 0.15) is 27.6 Å². The van der Waals surface area contributed by atoms with Crippen molar-refractivity contribution in [2.24, 2.45) is 0 Å². The number of ketones is 1. The Kier molecular flexibility index (Phi) is 6.07. The van der Waals surface area contributed by atoms with Crippen LogP contribution >= 0.6 is 0 Å². The molecule has 1 fully saturated rings. The van der Waals surface area contributed by atoms with Crippen LogP contribution in [0.25, 0.3) is 11.3 Å². The summed E-state index contributed by atoms with van der Waals surface area (Å²) in [6.45, 7) is 2.81. The molecule has 3 aromatic rings. The smallest absolute Gasteiger partial charge is 0.295 e. The van der Waals surface area contributed by atoms with Gasteiger partial charge in [0, 0.05) is 48.6 Å². The second kappa shape index (κ2) is 9.09. The van der Waals surface area contributed by atoms with Crippen LogP contribution in [-0.2, 0) is 4.79 Å². The molecule has 0 spiro atoms. The van der Waals surface area contributed by atoms with Crippen LogP contribution in [0, 0.1) is 5.82 Å². The summed E-state index contributed by atoms with van der Waals surface area (Å²) in [5.41, 5.74) is 1.53. The van der Waals surface area contributed by atoms with Crippen molar-refractivity contribution in [2.45, 2.75) is 13.0 Å². The van der Waals surface area contributed by atoms with Crippen molar-refractivity contribution < 1.29 is 18.8 Å². The van der Waals surface area contributed by atoms with Gasteiger partial charge < -0.3 is 9.80 Å².